The average molecular weight is 266 g/mol. The number of nitrogens with one attached hydrogen (secondary N) is 1. The Kier molecular flexibility index (Phi) is 5.17. The molecule has 0 radical (unpaired) electrons. The van der Waals surface area contributed by atoms with E-state index in [9.17, 15) is 8.42 Å². The van der Waals surface area contributed by atoms with E-state index < -0.39 is 9.84 Å². The summed E-state index contributed by atoms with van der Waals surface area (Å²) in [5.41, 5.74) is 1.83. The molecule has 18 heavy (non-hydrogen) atoms. The monoisotopic (exact) mass is 266 g/mol. The van der Waals surface area contributed by atoms with Gasteiger partial charge in [-0.05, 0) is 31.5 Å². The Bertz CT molecular complexity index is 513. The lowest BCUT2D eigenvalue weighted by Gasteiger charge is -2.09. The second-order valence-corrected chi connectivity index (χ2v) is 7.05. The van der Waals surface area contributed by atoms with Crippen LogP contribution in [0.2, 0.25) is 0 Å². The summed E-state index contributed by atoms with van der Waals surface area (Å²) in [4.78, 5) is 0. The standard InChI is InChI=1S/C13H18N2O2S/c1-11(2)18(16,17)10-9-15-13-5-3-12(4-6-13)7-8-14/h3-6,11,15H,7,9-10H2,1-2H3. The zero-order valence-electron chi connectivity index (χ0n) is 10.7. The lowest BCUT2D eigenvalue weighted by molar-refractivity contribution is 0.588. The number of benzene rings is 1. The van der Waals surface area contributed by atoms with E-state index in [0.29, 0.717) is 13.0 Å². The number of nitriles is 1. The minimum absolute atomic E-state index is 0.130. The molecule has 0 aliphatic heterocycles. The largest absolute Gasteiger partial charge is 0.384 e. The molecule has 0 fully saturated rings. The Balaban J connectivity index is 2.48. The van der Waals surface area contributed by atoms with Crippen molar-refractivity contribution in [2.24, 2.45) is 0 Å². The van der Waals surface area contributed by atoms with Gasteiger partial charge in [0.15, 0.2) is 9.84 Å². The SMILES string of the molecule is CC(C)S(=O)(=O)CCNc1ccc(CC#N)cc1. The van der Waals surface area contributed by atoms with Crippen LogP contribution in [0.4, 0.5) is 5.69 Å². The maximum atomic E-state index is 11.6. The first-order valence-electron chi connectivity index (χ1n) is 5.87. The van der Waals surface area contributed by atoms with Crippen LogP contribution >= 0.6 is 0 Å². The van der Waals surface area contributed by atoms with E-state index in [0.717, 1.165) is 11.3 Å². The van der Waals surface area contributed by atoms with Gasteiger partial charge >= 0.3 is 0 Å². The summed E-state index contributed by atoms with van der Waals surface area (Å²) >= 11 is 0. The lowest BCUT2D eigenvalue weighted by Crippen LogP contribution is -2.22. The van der Waals surface area contributed by atoms with Crippen LogP contribution < -0.4 is 5.32 Å². The van der Waals surface area contributed by atoms with Crippen molar-refractivity contribution >= 4 is 15.5 Å². The van der Waals surface area contributed by atoms with Crippen molar-refractivity contribution in [1.29, 1.82) is 5.26 Å². The van der Waals surface area contributed by atoms with Gasteiger partial charge < -0.3 is 5.32 Å². The molecule has 5 heteroatoms. The summed E-state index contributed by atoms with van der Waals surface area (Å²) in [7, 11) is -2.99. The highest BCUT2D eigenvalue weighted by atomic mass is 32.2. The molecule has 1 rings (SSSR count). The molecule has 1 aromatic rings. The van der Waals surface area contributed by atoms with Gasteiger partial charge in [0, 0.05) is 12.2 Å². The van der Waals surface area contributed by atoms with Gasteiger partial charge in [-0.15, -0.1) is 0 Å². The third-order valence-electron chi connectivity index (χ3n) is 2.67. The molecule has 0 atom stereocenters. The summed E-state index contributed by atoms with van der Waals surface area (Å²) < 4.78 is 23.2. The summed E-state index contributed by atoms with van der Waals surface area (Å²) in [5, 5.41) is 11.3. The van der Waals surface area contributed by atoms with Crippen molar-refractivity contribution in [3.8, 4) is 6.07 Å². The summed E-state index contributed by atoms with van der Waals surface area (Å²) in [6.45, 7) is 3.77. The first-order chi connectivity index (χ1) is 8.45. The average Bonchev–Trinajstić information content (AvgIpc) is 2.31. The molecule has 0 bridgehead atoms. The van der Waals surface area contributed by atoms with Gasteiger partial charge in [-0.2, -0.15) is 5.26 Å². The Morgan fingerprint density at radius 3 is 2.39 bits per heavy atom. The van der Waals surface area contributed by atoms with E-state index in [1.807, 2.05) is 24.3 Å². The molecule has 1 aromatic carbocycles. The Morgan fingerprint density at radius 1 is 1.28 bits per heavy atom. The van der Waals surface area contributed by atoms with E-state index in [1.165, 1.54) is 0 Å². The van der Waals surface area contributed by atoms with Gasteiger partial charge in [-0.25, -0.2) is 8.42 Å². The molecule has 0 saturated heterocycles. The minimum atomic E-state index is -2.99. The van der Waals surface area contributed by atoms with Crippen LogP contribution in [0.15, 0.2) is 24.3 Å². The summed E-state index contributed by atoms with van der Waals surface area (Å²) in [6.07, 6.45) is 0.391. The summed E-state index contributed by atoms with van der Waals surface area (Å²) in [5.74, 6) is 0.130. The number of sulfone groups is 1. The molecule has 0 spiro atoms. The Morgan fingerprint density at radius 2 is 1.89 bits per heavy atom. The quantitative estimate of drug-likeness (QED) is 0.854. The van der Waals surface area contributed by atoms with Crippen molar-refractivity contribution < 1.29 is 8.42 Å². The fourth-order valence-corrected chi connectivity index (χ4v) is 2.26. The van der Waals surface area contributed by atoms with Crippen LogP contribution in [0, 0.1) is 11.3 Å². The topological polar surface area (TPSA) is 70.0 Å². The zero-order chi connectivity index (χ0) is 13.6. The minimum Gasteiger partial charge on any atom is -0.384 e. The van der Waals surface area contributed by atoms with Crippen LogP contribution in [0.25, 0.3) is 0 Å². The van der Waals surface area contributed by atoms with Crippen molar-refractivity contribution in [2.45, 2.75) is 25.5 Å². The van der Waals surface area contributed by atoms with Crippen LogP contribution in [0.1, 0.15) is 19.4 Å². The number of nitrogens with zero attached hydrogens (tertiary/aromatic N) is 1. The molecule has 1 N–H and O–H groups in total. The molecule has 0 amide bonds. The van der Waals surface area contributed by atoms with E-state index >= 15 is 0 Å². The predicted octanol–water partition coefficient (Wildman–Crippen LogP) is 1.99. The third-order valence-corrected chi connectivity index (χ3v) is 4.88. The molecular formula is C13H18N2O2S. The van der Waals surface area contributed by atoms with Crippen LogP contribution in [-0.4, -0.2) is 26.0 Å². The van der Waals surface area contributed by atoms with Crippen LogP contribution in [-0.2, 0) is 16.3 Å². The van der Waals surface area contributed by atoms with Gasteiger partial charge in [-0.1, -0.05) is 12.1 Å². The van der Waals surface area contributed by atoms with Gasteiger partial charge in [0.25, 0.3) is 0 Å². The highest BCUT2D eigenvalue weighted by molar-refractivity contribution is 7.92. The second-order valence-electron chi connectivity index (χ2n) is 4.37. The van der Waals surface area contributed by atoms with E-state index in [-0.39, 0.29) is 11.0 Å². The zero-order valence-corrected chi connectivity index (χ0v) is 11.5. The van der Waals surface area contributed by atoms with Crippen LogP contribution in [0.5, 0.6) is 0 Å². The fraction of sp³-hybridized carbons (Fsp3) is 0.462. The van der Waals surface area contributed by atoms with E-state index in [4.69, 9.17) is 5.26 Å². The van der Waals surface area contributed by atoms with Crippen molar-refractivity contribution in [3.63, 3.8) is 0 Å². The Labute approximate surface area is 109 Å². The fourth-order valence-electron chi connectivity index (χ4n) is 1.41. The lowest BCUT2D eigenvalue weighted by atomic mass is 10.1. The van der Waals surface area contributed by atoms with Gasteiger partial charge in [0.1, 0.15) is 0 Å². The van der Waals surface area contributed by atoms with E-state index in [2.05, 4.69) is 11.4 Å². The molecule has 98 valence electrons. The molecule has 0 heterocycles. The van der Waals surface area contributed by atoms with Gasteiger partial charge in [0.2, 0.25) is 0 Å². The smallest absolute Gasteiger partial charge is 0.154 e. The molecule has 0 aliphatic carbocycles. The maximum absolute atomic E-state index is 11.6. The molecule has 0 saturated carbocycles. The highest BCUT2D eigenvalue weighted by Crippen LogP contribution is 2.10. The normalized spacial score (nSPS) is 11.2. The maximum Gasteiger partial charge on any atom is 0.154 e. The molecular weight excluding hydrogens is 248 g/mol. The van der Waals surface area contributed by atoms with Crippen molar-refractivity contribution in [1.82, 2.24) is 0 Å². The second kappa shape index (κ2) is 6.41. The molecule has 4 nitrogen and oxygen atoms in total. The number of rotatable bonds is 6. The first-order valence-corrected chi connectivity index (χ1v) is 7.58. The van der Waals surface area contributed by atoms with Crippen LogP contribution in [0.3, 0.4) is 0 Å². The molecule has 0 aromatic heterocycles. The number of hydrogen-bond acceptors (Lipinski definition) is 4. The molecule has 0 aliphatic rings. The predicted molar refractivity (Wildman–Crippen MR) is 73.2 cm³/mol. The van der Waals surface area contributed by atoms with Crippen molar-refractivity contribution in [3.05, 3.63) is 29.8 Å². The third kappa shape index (κ3) is 4.38. The van der Waals surface area contributed by atoms with Crippen molar-refractivity contribution in [2.75, 3.05) is 17.6 Å². The number of hydrogen-bond donors (Lipinski definition) is 1. The number of anilines is 1. The first kappa shape index (κ1) is 14.5. The van der Waals surface area contributed by atoms with Gasteiger partial charge in [-0.3, -0.25) is 0 Å². The Hall–Kier alpha value is -1.54. The molecule has 0 unspecified atom stereocenters. The van der Waals surface area contributed by atoms with Gasteiger partial charge in [0.05, 0.1) is 23.5 Å². The summed E-state index contributed by atoms with van der Waals surface area (Å²) in [6, 6.07) is 9.52. The van der Waals surface area contributed by atoms with E-state index in [1.54, 1.807) is 13.8 Å². The highest BCUT2D eigenvalue weighted by Gasteiger charge is 2.14.